The van der Waals surface area contributed by atoms with Gasteiger partial charge in [0.1, 0.15) is 5.75 Å². The minimum Gasteiger partial charge on any atom is -0.493 e. The standard InChI is InChI=1S/C29H42O4/c1-8-23-12-15-27(31-17-20(2)3)24(16-23)13-14-26(30)25-10-9-11-28(32-18-21(4)5)29(25)33-19-22(6)7/h9-12,15-16,20-22H,8,13-14,17-19H2,1-7H3. The van der Waals surface area contributed by atoms with Gasteiger partial charge < -0.3 is 14.2 Å². The van der Waals surface area contributed by atoms with E-state index in [9.17, 15) is 4.79 Å². The van der Waals surface area contributed by atoms with Gasteiger partial charge in [-0.1, -0.05) is 66.7 Å². The molecular weight excluding hydrogens is 412 g/mol. The molecule has 0 bridgehead atoms. The molecule has 0 amide bonds. The van der Waals surface area contributed by atoms with Crippen LogP contribution in [0.25, 0.3) is 0 Å². The van der Waals surface area contributed by atoms with Crippen molar-refractivity contribution in [3.05, 3.63) is 53.1 Å². The maximum absolute atomic E-state index is 13.3. The van der Waals surface area contributed by atoms with Gasteiger partial charge in [-0.25, -0.2) is 0 Å². The highest BCUT2D eigenvalue weighted by Crippen LogP contribution is 2.34. The lowest BCUT2D eigenvalue weighted by molar-refractivity contribution is 0.0976. The molecule has 0 aliphatic rings. The minimum atomic E-state index is 0.0560. The summed E-state index contributed by atoms with van der Waals surface area (Å²) < 4.78 is 18.1. The van der Waals surface area contributed by atoms with Crippen molar-refractivity contribution in [2.24, 2.45) is 17.8 Å². The summed E-state index contributed by atoms with van der Waals surface area (Å²) in [5, 5.41) is 0. The predicted molar refractivity (Wildman–Crippen MR) is 136 cm³/mol. The van der Waals surface area contributed by atoms with Gasteiger partial charge in [0, 0.05) is 6.42 Å². The van der Waals surface area contributed by atoms with Gasteiger partial charge in [0.15, 0.2) is 17.3 Å². The second kappa shape index (κ2) is 13.3. The summed E-state index contributed by atoms with van der Waals surface area (Å²) in [6, 6.07) is 11.9. The number of benzene rings is 2. The number of rotatable bonds is 14. The molecule has 4 heteroatoms. The van der Waals surface area contributed by atoms with Crippen LogP contribution in [-0.4, -0.2) is 25.6 Å². The van der Waals surface area contributed by atoms with Gasteiger partial charge in [0.05, 0.1) is 25.4 Å². The Morgan fingerprint density at radius 1 is 0.788 bits per heavy atom. The van der Waals surface area contributed by atoms with Crippen LogP contribution >= 0.6 is 0 Å². The van der Waals surface area contributed by atoms with Crippen molar-refractivity contribution in [1.82, 2.24) is 0 Å². The molecule has 0 heterocycles. The molecule has 33 heavy (non-hydrogen) atoms. The van der Waals surface area contributed by atoms with Crippen molar-refractivity contribution in [2.45, 2.75) is 67.7 Å². The highest BCUT2D eigenvalue weighted by Gasteiger charge is 2.19. The second-order valence-electron chi connectivity index (χ2n) is 9.97. The molecule has 182 valence electrons. The maximum Gasteiger partial charge on any atom is 0.171 e. The summed E-state index contributed by atoms with van der Waals surface area (Å²) in [5.41, 5.74) is 2.92. The third-order valence-corrected chi connectivity index (χ3v) is 5.14. The molecule has 0 atom stereocenters. The normalized spacial score (nSPS) is 11.3. The molecule has 2 rings (SSSR count). The van der Waals surface area contributed by atoms with E-state index >= 15 is 0 Å². The van der Waals surface area contributed by atoms with Crippen molar-refractivity contribution in [3.63, 3.8) is 0 Å². The molecule has 0 fully saturated rings. The topological polar surface area (TPSA) is 44.8 Å². The number of hydrogen-bond donors (Lipinski definition) is 0. The zero-order chi connectivity index (χ0) is 24.4. The summed E-state index contributed by atoms with van der Waals surface area (Å²) in [4.78, 5) is 13.3. The Morgan fingerprint density at radius 3 is 2.00 bits per heavy atom. The van der Waals surface area contributed by atoms with Crippen LogP contribution < -0.4 is 14.2 Å². The van der Waals surface area contributed by atoms with Crippen molar-refractivity contribution >= 4 is 5.78 Å². The molecule has 2 aromatic carbocycles. The lowest BCUT2D eigenvalue weighted by Gasteiger charge is -2.18. The molecule has 0 saturated carbocycles. The van der Waals surface area contributed by atoms with Gasteiger partial charge in [0.25, 0.3) is 0 Å². The van der Waals surface area contributed by atoms with E-state index in [0.29, 0.717) is 67.5 Å². The molecule has 2 aromatic rings. The average Bonchev–Trinajstić information content (AvgIpc) is 2.78. The number of para-hydroxylation sites is 1. The number of ether oxygens (including phenoxy) is 3. The summed E-state index contributed by atoms with van der Waals surface area (Å²) in [7, 11) is 0. The third kappa shape index (κ3) is 8.75. The van der Waals surface area contributed by atoms with Crippen LogP contribution in [0.3, 0.4) is 0 Å². The van der Waals surface area contributed by atoms with E-state index in [2.05, 4.69) is 60.6 Å². The average molecular weight is 455 g/mol. The summed E-state index contributed by atoms with van der Waals surface area (Å²) >= 11 is 0. The molecule has 0 unspecified atom stereocenters. The van der Waals surface area contributed by atoms with Gasteiger partial charge in [0.2, 0.25) is 0 Å². The van der Waals surface area contributed by atoms with Gasteiger partial charge in [-0.05, 0) is 59.9 Å². The van der Waals surface area contributed by atoms with Crippen molar-refractivity contribution in [3.8, 4) is 17.2 Å². The Balaban J connectivity index is 2.24. The Kier molecular flexibility index (Phi) is 10.8. The molecule has 0 radical (unpaired) electrons. The van der Waals surface area contributed by atoms with Crippen LogP contribution in [0.2, 0.25) is 0 Å². The molecule has 0 N–H and O–H groups in total. The molecule has 0 aliphatic heterocycles. The molecule has 0 saturated heterocycles. The monoisotopic (exact) mass is 454 g/mol. The molecule has 4 nitrogen and oxygen atoms in total. The predicted octanol–water partition coefficient (Wildman–Crippen LogP) is 7.17. The number of aryl methyl sites for hydroxylation is 2. The number of hydrogen-bond acceptors (Lipinski definition) is 4. The number of carbonyl (C=O) groups excluding carboxylic acids is 1. The lowest BCUT2D eigenvalue weighted by Crippen LogP contribution is -2.13. The molecule has 0 aromatic heterocycles. The zero-order valence-corrected chi connectivity index (χ0v) is 21.6. The molecule has 0 aliphatic carbocycles. The van der Waals surface area contributed by atoms with Crippen LogP contribution in [0.1, 0.15) is 76.4 Å². The van der Waals surface area contributed by atoms with Crippen LogP contribution in [0.4, 0.5) is 0 Å². The largest absolute Gasteiger partial charge is 0.493 e. The molecular formula is C29H42O4. The number of ketones is 1. The van der Waals surface area contributed by atoms with Gasteiger partial charge in [-0.3, -0.25) is 4.79 Å². The third-order valence-electron chi connectivity index (χ3n) is 5.14. The SMILES string of the molecule is CCc1ccc(OCC(C)C)c(CCC(=O)c2cccc(OCC(C)C)c2OCC(C)C)c1. The summed E-state index contributed by atoms with van der Waals surface area (Å²) in [6.45, 7) is 16.6. The molecule has 0 spiro atoms. The smallest absolute Gasteiger partial charge is 0.171 e. The van der Waals surface area contributed by atoms with Crippen molar-refractivity contribution < 1.29 is 19.0 Å². The fourth-order valence-electron chi connectivity index (χ4n) is 3.33. The first-order valence-electron chi connectivity index (χ1n) is 12.4. The maximum atomic E-state index is 13.3. The van der Waals surface area contributed by atoms with Crippen LogP contribution in [0.15, 0.2) is 36.4 Å². The van der Waals surface area contributed by atoms with Crippen LogP contribution in [0, 0.1) is 17.8 Å². The fraction of sp³-hybridized carbons (Fsp3) is 0.552. The van der Waals surface area contributed by atoms with Crippen LogP contribution in [0.5, 0.6) is 17.2 Å². The number of carbonyl (C=O) groups is 1. The first-order valence-corrected chi connectivity index (χ1v) is 12.4. The van der Waals surface area contributed by atoms with E-state index < -0.39 is 0 Å². The van der Waals surface area contributed by atoms with E-state index in [-0.39, 0.29) is 5.78 Å². The first kappa shape index (κ1) is 26.8. The van der Waals surface area contributed by atoms with Gasteiger partial charge >= 0.3 is 0 Å². The van der Waals surface area contributed by atoms with E-state index in [1.54, 1.807) is 0 Å². The second-order valence-corrected chi connectivity index (χ2v) is 9.97. The quantitative estimate of drug-likeness (QED) is 0.284. The Morgan fingerprint density at radius 2 is 1.39 bits per heavy atom. The van der Waals surface area contributed by atoms with E-state index in [4.69, 9.17) is 14.2 Å². The Labute approximate surface area is 200 Å². The number of Topliss-reactive ketones (excluding diaryl/α,β-unsaturated/α-hetero) is 1. The van der Waals surface area contributed by atoms with Gasteiger partial charge in [-0.15, -0.1) is 0 Å². The Bertz CT molecular complexity index is 883. The summed E-state index contributed by atoms with van der Waals surface area (Å²) in [5.74, 6) is 3.32. The Hall–Kier alpha value is -2.49. The fourth-order valence-corrected chi connectivity index (χ4v) is 3.33. The van der Waals surface area contributed by atoms with E-state index in [1.807, 2.05) is 24.3 Å². The van der Waals surface area contributed by atoms with E-state index in [0.717, 1.165) is 17.7 Å². The lowest BCUT2D eigenvalue weighted by atomic mass is 9.99. The summed E-state index contributed by atoms with van der Waals surface area (Å²) in [6.07, 6.45) is 1.96. The van der Waals surface area contributed by atoms with Crippen molar-refractivity contribution in [2.75, 3.05) is 19.8 Å². The minimum absolute atomic E-state index is 0.0560. The van der Waals surface area contributed by atoms with Crippen molar-refractivity contribution in [1.29, 1.82) is 0 Å². The highest BCUT2D eigenvalue weighted by molar-refractivity contribution is 5.99. The zero-order valence-electron chi connectivity index (χ0n) is 21.6. The highest BCUT2D eigenvalue weighted by atomic mass is 16.5. The van der Waals surface area contributed by atoms with Gasteiger partial charge in [-0.2, -0.15) is 0 Å². The first-order chi connectivity index (χ1) is 15.7. The van der Waals surface area contributed by atoms with E-state index in [1.165, 1.54) is 5.56 Å². The van der Waals surface area contributed by atoms with Crippen LogP contribution in [-0.2, 0) is 12.8 Å².